The number of aromatic nitrogens is 1. The van der Waals surface area contributed by atoms with Crippen molar-refractivity contribution in [3.05, 3.63) is 86.6 Å². The molecule has 0 bridgehead atoms. The first-order chi connectivity index (χ1) is 18.1. The topological polar surface area (TPSA) is 57.7 Å². The molecule has 1 aliphatic heterocycles. The van der Waals surface area contributed by atoms with Gasteiger partial charge in [0.2, 0.25) is 5.56 Å². The van der Waals surface area contributed by atoms with Crippen LogP contribution in [0.5, 0.6) is 0 Å². The molecular formula is C32H40FN3O2Si. The van der Waals surface area contributed by atoms with Gasteiger partial charge in [0.05, 0.1) is 24.6 Å². The van der Waals surface area contributed by atoms with Crippen LogP contribution in [0, 0.1) is 5.82 Å². The van der Waals surface area contributed by atoms with E-state index in [-0.39, 0.29) is 27.9 Å². The van der Waals surface area contributed by atoms with Gasteiger partial charge in [-0.05, 0) is 64.5 Å². The van der Waals surface area contributed by atoms with E-state index >= 15 is 4.39 Å². The van der Waals surface area contributed by atoms with Crippen molar-refractivity contribution in [3.63, 3.8) is 0 Å². The van der Waals surface area contributed by atoms with E-state index in [0.717, 1.165) is 39.2 Å². The lowest BCUT2D eigenvalue weighted by Crippen LogP contribution is -2.45. The predicted octanol–water partition coefficient (Wildman–Crippen LogP) is 7.32. The lowest BCUT2D eigenvalue weighted by Gasteiger charge is -2.39. The smallest absolute Gasteiger partial charge is 0.248 e. The van der Waals surface area contributed by atoms with Crippen LogP contribution < -0.4 is 10.6 Å². The fourth-order valence-electron chi connectivity index (χ4n) is 5.26. The van der Waals surface area contributed by atoms with Crippen molar-refractivity contribution in [3.8, 4) is 11.1 Å². The van der Waals surface area contributed by atoms with Gasteiger partial charge < -0.3 is 9.41 Å². The predicted molar refractivity (Wildman–Crippen MR) is 161 cm³/mol. The average molecular weight is 546 g/mol. The fraction of sp³-hybridized carbons (Fsp3) is 0.438. The van der Waals surface area contributed by atoms with E-state index in [9.17, 15) is 4.79 Å². The van der Waals surface area contributed by atoms with Crippen LogP contribution >= 0.6 is 0 Å². The van der Waals surface area contributed by atoms with E-state index in [1.165, 1.54) is 0 Å². The lowest BCUT2D eigenvalue weighted by atomic mass is 9.85. The molecule has 1 atom stereocenters. The number of hydrogen-bond donors (Lipinski definition) is 1. The number of rotatable bonds is 3. The first-order valence-electron chi connectivity index (χ1n) is 13.8. The maximum absolute atomic E-state index is 15.4. The number of H-pyrrole nitrogens is 1. The standard InChI is InChI=1S/C32H40FN3O2Si/c1-31(2,3)21-14-20-18-34-36(19-26(20)27(33)15-21)29-11-9-10-23-24-12-13-30(37)35-28(24)17-22(16-25(23)29)38-39(7,8)32(4,5)6/h9-15,18,22H,16-17,19H2,1-8H3,(H,35,37). The highest BCUT2D eigenvalue weighted by molar-refractivity contribution is 6.74. The number of aromatic amines is 1. The minimum Gasteiger partial charge on any atom is -0.413 e. The highest BCUT2D eigenvalue weighted by atomic mass is 28.4. The summed E-state index contributed by atoms with van der Waals surface area (Å²) in [4.78, 5) is 15.4. The molecule has 0 amide bonds. The van der Waals surface area contributed by atoms with Crippen LogP contribution in [0.3, 0.4) is 0 Å². The summed E-state index contributed by atoms with van der Waals surface area (Å²) in [5.74, 6) is -0.197. The van der Waals surface area contributed by atoms with Crippen LogP contribution in [0.2, 0.25) is 18.1 Å². The van der Waals surface area contributed by atoms with Crippen molar-refractivity contribution in [2.45, 2.75) is 90.6 Å². The van der Waals surface area contributed by atoms with Gasteiger partial charge in [-0.1, -0.05) is 53.7 Å². The zero-order valence-corrected chi connectivity index (χ0v) is 25.4. The summed E-state index contributed by atoms with van der Waals surface area (Å²) in [7, 11) is -2.09. The molecule has 206 valence electrons. The summed E-state index contributed by atoms with van der Waals surface area (Å²) in [5.41, 5.74) is 7.21. The first kappa shape index (κ1) is 27.5. The number of anilines is 1. The van der Waals surface area contributed by atoms with E-state index in [2.05, 4.69) is 77.8 Å². The Morgan fingerprint density at radius 2 is 1.74 bits per heavy atom. The van der Waals surface area contributed by atoms with Gasteiger partial charge in [-0.15, -0.1) is 0 Å². The second-order valence-electron chi connectivity index (χ2n) is 13.5. The Morgan fingerprint density at radius 3 is 2.44 bits per heavy atom. The summed E-state index contributed by atoms with van der Waals surface area (Å²) < 4.78 is 22.4. The average Bonchev–Trinajstić information content (AvgIpc) is 2.97. The van der Waals surface area contributed by atoms with Crippen LogP contribution in [-0.4, -0.2) is 25.6 Å². The number of nitrogens with zero attached hydrogens (tertiary/aromatic N) is 2. The van der Waals surface area contributed by atoms with Crippen molar-refractivity contribution in [1.29, 1.82) is 0 Å². The summed E-state index contributed by atoms with van der Waals surface area (Å²) in [6.07, 6.45) is 2.99. The highest BCUT2D eigenvalue weighted by Gasteiger charge is 2.40. The third kappa shape index (κ3) is 5.26. The molecule has 5 nitrogen and oxygen atoms in total. The Hall–Kier alpha value is -3.03. The van der Waals surface area contributed by atoms with Crippen LogP contribution in [-0.2, 0) is 29.2 Å². The maximum atomic E-state index is 15.4. The number of nitrogens with one attached hydrogen (secondary N) is 1. The Kier molecular flexibility index (Phi) is 6.75. The van der Waals surface area contributed by atoms with Crippen LogP contribution in [0.1, 0.15) is 69.5 Å². The third-order valence-corrected chi connectivity index (χ3v) is 13.1. The summed E-state index contributed by atoms with van der Waals surface area (Å²) in [5, 5.41) is 6.76. The molecule has 39 heavy (non-hydrogen) atoms. The number of hydrazone groups is 1. The maximum Gasteiger partial charge on any atom is 0.248 e. The molecule has 0 fully saturated rings. The molecule has 0 saturated carbocycles. The molecule has 3 aromatic rings. The van der Waals surface area contributed by atoms with E-state index in [1.54, 1.807) is 18.3 Å². The van der Waals surface area contributed by atoms with E-state index in [0.29, 0.717) is 24.9 Å². The fourth-order valence-corrected chi connectivity index (χ4v) is 6.61. The first-order valence-corrected chi connectivity index (χ1v) is 16.7. The minimum atomic E-state index is -2.09. The van der Waals surface area contributed by atoms with Gasteiger partial charge in [0.15, 0.2) is 8.32 Å². The molecule has 0 radical (unpaired) electrons. The second-order valence-corrected chi connectivity index (χ2v) is 18.3. The Balaban J connectivity index is 1.59. The van der Waals surface area contributed by atoms with Crippen LogP contribution in [0.4, 0.5) is 10.1 Å². The van der Waals surface area contributed by atoms with Gasteiger partial charge in [0.1, 0.15) is 5.82 Å². The number of halogens is 1. The van der Waals surface area contributed by atoms with Gasteiger partial charge in [-0.25, -0.2) is 4.39 Å². The molecule has 1 aliphatic carbocycles. The molecule has 1 aromatic heterocycles. The van der Waals surface area contributed by atoms with Crippen molar-refractivity contribution in [2.24, 2.45) is 5.10 Å². The molecule has 2 aliphatic rings. The number of fused-ring (bicyclic) bond motifs is 4. The lowest BCUT2D eigenvalue weighted by molar-refractivity contribution is 0.181. The molecule has 2 aromatic carbocycles. The van der Waals surface area contributed by atoms with Gasteiger partial charge in [0.25, 0.3) is 0 Å². The monoisotopic (exact) mass is 545 g/mol. The zero-order chi connectivity index (χ0) is 28.3. The quantitative estimate of drug-likeness (QED) is 0.351. The number of benzene rings is 2. The van der Waals surface area contributed by atoms with Crippen LogP contribution in [0.25, 0.3) is 11.1 Å². The van der Waals surface area contributed by atoms with E-state index in [4.69, 9.17) is 9.53 Å². The Bertz CT molecular complexity index is 1510. The molecule has 7 heteroatoms. The van der Waals surface area contributed by atoms with Crippen molar-refractivity contribution in [2.75, 3.05) is 5.01 Å². The summed E-state index contributed by atoms with van der Waals surface area (Å²) in [6.45, 7) is 17.9. The molecule has 1 N–H and O–H groups in total. The van der Waals surface area contributed by atoms with Gasteiger partial charge in [-0.2, -0.15) is 5.10 Å². The van der Waals surface area contributed by atoms with Crippen molar-refractivity contribution in [1.82, 2.24) is 4.98 Å². The zero-order valence-electron chi connectivity index (χ0n) is 24.4. The molecular weight excluding hydrogens is 505 g/mol. The normalized spacial score (nSPS) is 17.4. The Labute approximate surface area is 232 Å². The summed E-state index contributed by atoms with van der Waals surface area (Å²) in [6, 6.07) is 13.4. The van der Waals surface area contributed by atoms with Crippen LogP contribution in [0.15, 0.2) is 52.4 Å². The van der Waals surface area contributed by atoms with E-state index < -0.39 is 8.32 Å². The summed E-state index contributed by atoms with van der Waals surface area (Å²) >= 11 is 0. The van der Waals surface area contributed by atoms with Gasteiger partial charge in [-0.3, -0.25) is 9.80 Å². The number of hydrogen-bond acceptors (Lipinski definition) is 4. The number of pyridine rings is 1. The molecule has 2 heterocycles. The minimum absolute atomic E-state index is 0.0545. The molecule has 0 spiro atoms. The molecule has 1 unspecified atom stereocenters. The van der Waals surface area contributed by atoms with Crippen molar-refractivity contribution < 1.29 is 8.82 Å². The highest BCUT2D eigenvalue weighted by Crippen LogP contribution is 2.42. The Morgan fingerprint density at radius 1 is 1.00 bits per heavy atom. The molecule has 5 rings (SSSR count). The van der Waals surface area contributed by atoms with E-state index in [1.807, 2.05) is 17.1 Å². The van der Waals surface area contributed by atoms with Gasteiger partial charge in [0, 0.05) is 41.3 Å². The largest absolute Gasteiger partial charge is 0.413 e. The second kappa shape index (κ2) is 9.56. The van der Waals surface area contributed by atoms with Gasteiger partial charge >= 0.3 is 0 Å². The van der Waals surface area contributed by atoms with Crippen molar-refractivity contribution >= 4 is 20.2 Å². The molecule has 0 saturated heterocycles. The third-order valence-electron chi connectivity index (χ3n) is 8.59. The SMILES string of the molecule is CC(C)(C)c1cc(F)c2c(c1)C=NN(c1cccc3c1CC(O[Si](C)(C)C(C)(C)C)Cc1[nH]c(=O)ccc1-3)C2.